The van der Waals surface area contributed by atoms with Gasteiger partial charge in [0.15, 0.2) is 0 Å². The molecule has 4 heterocycles. The minimum atomic E-state index is -0.479. The van der Waals surface area contributed by atoms with E-state index in [0.717, 1.165) is 52.7 Å². The minimum Gasteiger partial charge on any atom is -0.444 e. The van der Waals surface area contributed by atoms with Crippen molar-refractivity contribution in [3.05, 3.63) is 78.6 Å². The van der Waals surface area contributed by atoms with Crippen LogP contribution < -0.4 is 4.90 Å². The number of rotatable bonds is 5. The Kier molecular flexibility index (Phi) is 6.85. The maximum Gasteiger partial charge on any atom is 0.410 e. The zero-order valence-corrected chi connectivity index (χ0v) is 21.4. The van der Waals surface area contributed by atoms with Gasteiger partial charge in [0.2, 0.25) is 0 Å². The third kappa shape index (κ3) is 5.94. The van der Waals surface area contributed by atoms with Crippen molar-refractivity contribution in [3.63, 3.8) is 0 Å². The largest absolute Gasteiger partial charge is 0.444 e. The summed E-state index contributed by atoms with van der Waals surface area (Å²) in [6.07, 6.45) is 7.51. The van der Waals surface area contributed by atoms with Crippen molar-refractivity contribution in [3.8, 4) is 22.5 Å². The predicted octanol–water partition coefficient (Wildman–Crippen LogP) is 4.58. The summed E-state index contributed by atoms with van der Waals surface area (Å²) in [5.74, 6) is 0.745. The molecule has 0 atom stereocenters. The molecule has 1 saturated heterocycles. The molecule has 0 spiro atoms. The van der Waals surface area contributed by atoms with Crippen LogP contribution in [0.3, 0.4) is 0 Å². The number of piperazine rings is 1. The lowest BCUT2D eigenvalue weighted by Gasteiger charge is -2.36. The second kappa shape index (κ2) is 10.4. The number of pyridine rings is 1. The first-order valence-corrected chi connectivity index (χ1v) is 12.4. The van der Waals surface area contributed by atoms with Gasteiger partial charge in [-0.1, -0.05) is 12.1 Å². The van der Waals surface area contributed by atoms with Crippen molar-refractivity contribution >= 4 is 11.8 Å². The molecule has 1 N–H and O–H groups in total. The molecule has 1 fully saturated rings. The normalized spacial score (nSPS) is 14.0. The van der Waals surface area contributed by atoms with Crippen molar-refractivity contribution in [1.29, 1.82) is 0 Å². The third-order valence-electron chi connectivity index (χ3n) is 6.17. The first kappa shape index (κ1) is 24.4. The molecule has 9 heteroatoms. The van der Waals surface area contributed by atoms with Crippen LogP contribution >= 0.6 is 0 Å². The fraction of sp³-hybridized carbons (Fsp3) is 0.321. The van der Waals surface area contributed by atoms with E-state index in [-0.39, 0.29) is 6.09 Å². The Morgan fingerprint density at radius 2 is 1.78 bits per heavy atom. The van der Waals surface area contributed by atoms with Crippen LogP contribution in [0.4, 0.5) is 10.5 Å². The number of nitrogens with one attached hydrogen (secondary N) is 1. The molecule has 37 heavy (non-hydrogen) atoms. The first-order chi connectivity index (χ1) is 17.9. The van der Waals surface area contributed by atoms with E-state index in [4.69, 9.17) is 9.72 Å². The van der Waals surface area contributed by atoms with Gasteiger partial charge in [-0.15, -0.1) is 0 Å². The fourth-order valence-corrected chi connectivity index (χ4v) is 4.33. The van der Waals surface area contributed by atoms with Gasteiger partial charge in [-0.05, 0) is 56.7 Å². The summed E-state index contributed by atoms with van der Waals surface area (Å²) >= 11 is 0. The van der Waals surface area contributed by atoms with Gasteiger partial charge in [0.1, 0.15) is 11.4 Å². The number of carbonyl (C=O) groups excluding carboxylic acids is 1. The van der Waals surface area contributed by atoms with E-state index in [1.807, 2.05) is 39.0 Å². The summed E-state index contributed by atoms with van der Waals surface area (Å²) in [5, 5.41) is 7.29. The highest BCUT2D eigenvalue weighted by atomic mass is 16.6. The maximum absolute atomic E-state index is 12.3. The Labute approximate surface area is 216 Å². The van der Waals surface area contributed by atoms with Gasteiger partial charge in [-0.3, -0.25) is 10.1 Å². The topological polar surface area (TPSA) is 100 Å². The average Bonchev–Trinajstić information content (AvgIpc) is 3.39. The van der Waals surface area contributed by atoms with Crippen molar-refractivity contribution < 1.29 is 9.53 Å². The molecule has 0 radical (unpaired) electrons. The lowest BCUT2D eigenvalue weighted by atomic mass is 10.1. The third-order valence-corrected chi connectivity index (χ3v) is 6.17. The Balaban J connectivity index is 1.22. The molecular weight excluding hydrogens is 466 g/mol. The SMILES string of the molecule is CC(C)(C)OC(=O)N1CCN(c2ccc(Cc3nccc(-c4cn[nH]c4-c4cccnc4)n3)cc2)CC1. The van der Waals surface area contributed by atoms with Gasteiger partial charge in [-0.25, -0.2) is 14.8 Å². The number of amides is 1. The van der Waals surface area contributed by atoms with Crippen LogP contribution in [0.25, 0.3) is 22.5 Å². The average molecular weight is 498 g/mol. The van der Waals surface area contributed by atoms with Crippen molar-refractivity contribution in [2.45, 2.75) is 32.8 Å². The Hall–Kier alpha value is -4.27. The summed E-state index contributed by atoms with van der Waals surface area (Å²) < 4.78 is 5.50. The molecule has 0 unspecified atom stereocenters. The summed E-state index contributed by atoms with van der Waals surface area (Å²) in [7, 11) is 0. The van der Waals surface area contributed by atoms with Crippen LogP contribution in [0, 0.1) is 0 Å². The molecule has 0 aliphatic carbocycles. The highest BCUT2D eigenvalue weighted by molar-refractivity contribution is 5.77. The summed E-state index contributed by atoms with van der Waals surface area (Å²) in [6, 6.07) is 14.3. The summed E-state index contributed by atoms with van der Waals surface area (Å²) in [5.41, 5.74) is 5.36. The lowest BCUT2D eigenvalue weighted by molar-refractivity contribution is 0.0240. The number of hydrogen-bond donors (Lipinski definition) is 1. The fourth-order valence-electron chi connectivity index (χ4n) is 4.33. The van der Waals surface area contributed by atoms with Gasteiger partial charge < -0.3 is 14.5 Å². The van der Waals surface area contributed by atoms with Crippen LogP contribution in [0.1, 0.15) is 32.2 Å². The van der Waals surface area contributed by atoms with Crippen LogP contribution in [-0.2, 0) is 11.2 Å². The molecule has 3 aromatic heterocycles. The summed E-state index contributed by atoms with van der Waals surface area (Å²) in [4.78, 5) is 29.9. The Bertz CT molecular complexity index is 1340. The molecule has 1 amide bonds. The molecule has 1 aliphatic rings. The second-order valence-electron chi connectivity index (χ2n) is 10.1. The molecule has 5 rings (SSSR count). The molecular formula is C28H31N7O2. The van der Waals surface area contributed by atoms with E-state index in [0.29, 0.717) is 19.5 Å². The quantitative estimate of drug-likeness (QED) is 0.431. The highest BCUT2D eigenvalue weighted by Gasteiger charge is 2.26. The first-order valence-electron chi connectivity index (χ1n) is 12.4. The molecule has 4 aromatic rings. The maximum atomic E-state index is 12.3. The number of nitrogens with zero attached hydrogens (tertiary/aromatic N) is 6. The van der Waals surface area contributed by atoms with E-state index in [1.54, 1.807) is 29.7 Å². The van der Waals surface area contributed by atoms with Crippen molar-refractivity contribution in [2.24, 2.45) is 0 Å². The van der Waals surface area contributed by atoms with E-state index < -0.39 is 5.60 Å². The number of carbonyl (C=O) groups is 1. The monoisotopic (exact) mass is 497 g/mol. The lowest BCUT2D eigenvalue weighted by Crippen LogP contribution is -2.50. The van der Waals surface area contributed by atoms with Gasteiger partial charge in [-0.2, -0.15) is 5.10 Å². The molecule has 190 valence electrons. The predicted molar refractivity (Wildman–Crippen MR) is 142 cm³/mol. The number of anilines is 1. The van der Waals surface area contributed by atoms with E-state index in [1.165, 1.54) is 0 Å². The number of benzene rings is 1. The van der Waals surface area contributed by atoms with E-state index in [2.05, 4.69) is 49.3 Å². The molecule has 9 nitrogen and oxygen atoms in total. The van der Waals surface area contributed by atoms with Gasteiger partial charge in [0.25, 0.3) is 0 Å². The van der Waals surface area contributed by atoms with E-state index >= 15 is 0 Å². The molecule has 1 aromatic carbocycles. The highest BCUT2D eigenvalue weighted by Crippen LogP contribution is 2.28. The number of ether oxygens (including phenoxy) is 1. The Morgan fingerprint density at radius 3 is 2.49 bits per heavy atom. The summed E-state index contributed by atoms with van der Waals surface area (Å²) in [6.45, 7) is 8.50. The van der Waals surface area contributed by atoms with Crippen molar-refractivity contribution in [1.82, 2.24) is 30.0 Å². The van der Waals surface area contributed by atoms with Crippen LogP contribution in [0.15, 0.2) is 67.3 Å². The van der Waals surface area contributed by atoms with E-state index in [9.17, 15) is 4.79 Å². The number of aromatic nitrogens is 5. The van der Waals surface area contributed by atoms with Crippen molar-refractivity contribution in [2.75, 3.05) is 31.1 Å². The van der Waals surface area contributed by atoms with Crippen LogP contribution in [-0.4, -0.2) is 67.9 Å². The zero-order valence-electron chi connectivity index (χ0n) is 21.4. The second-order valence-corrected chi connectivity index (χ2v) is 10.1. The van der Waals surface area contributed by atoms with Gasteiger partial charge in [0, 0.05) is 68.0 Å². The molecule has 1 aliphatic heterocycles. The van der Waals surface area contributed by atoms with Gasteiger partial charge in [0.05, 0.1) is 17.6 Å². The minimum absolute atomic E-state index is 0.243. The zero-order chi connectivity index (χ0) is 25.8. The molecule has 0 saturated carbocycles. The molecule has 0 bridgehead atoms. The number of hydrogen-bond acceptors (Lipinski definition) is 7. The Morgan fingerprint density at radius 1 is 1.00 bits per heavy atom. The number of H-pyrrole nitrogens is 1. The smallest absolute Gasteiger partial charge is 0.410 e. The number of aromatic amines is 1. The van der Waals surface area contributed by atoms with Gasteiger partial charge >= 0.3 is 6.09 Å². The van der Waals surface area contributed by atoms with Crippen LogP contribution in [0.5, 0.6) is 0 Å². The van der Waals surface area contributed by atoms with Crippen LogP contribution in [0.2, 0.25) is 0 Å². The standard InChI is InChI=1S/C28H31N7O2/c1-28(2,3)37-27(36)35-15-13-34(14-16-35)22-8-6-20(7-9-22)17-25-30-12-10-24(32-25)23-19-31-33-26(23)21-5-4-11-29-18-21/h4-12,18-19H,13-17H2,1-3H3,(H,31,33).